The Balaban J connectivity index is 2.25. The zero-order valence-corrected chi connectivity index (χ0v) is 11.6. The second-order valence-corrected chi connectivity index (χ2v) is 4.80. The van der Waals surface area contributed by atoms with Gasteiger partial charge < -0.3 is 5.73 Å². The van der Waals surface area contributed by atoms with Crippen LogP contribution in [0.2, 0.25) is 0 Å². The molecule has 4 nitrogen and oxygen atoms in total. The van der Waals surface area contributed by atoms with Gasteiger partial charge in [-0.3, -0.25) is 4.79 Å². The molecule has 0 saturated heterocycles. The molecule has 0 radical (unpaired) electrons. The molecule has 0 aliphatic carbocycles. The van der Waals surface area contributed by atoms with Gasteiger partial charge in [0, 0.05) is 11.6 Å². The number of carbonyl (C=O) groups is 1. The maximum absolute atomic E-state index is 14.0. The van der Waals surface area contributed by atoms with E-state index >= 15 is 0 Å². The Morgan fingerprint density at radius 3 is 2.39 bits per heavy atom. The molecule has 1 amide bonds. The molecule has 0 aliphatic rings. The molecule has 0 fully saturated rings. The molecule has 0 spiro atoms. The number of halogens is 3. The van der Waals surface area contributed by atoms with E-state index in [-0.39, 0.29) is 17.1 Å². The number of amides is 1. The number of nitrogens with zero attached hydrogens (tertiary/aromatic N) is 2. The van der Waals surface area contributed by atoms with Gasteiger partial charge in [-0.15, -0.1) is 0 Å². The molecular weight excluding hydrogens is 307 g/mol. The average molecular weight is 317 g/mol. The molecule has 0 atom stereocenters. The minimum atomic E-state index is -0.873. The van der Waals surface area contributed by atoms with Crippen LogP contribution in [0.25, 0.3) is 16.9 Å². The van der Waals surface area contributed by atoms with Crippen molar-refractivity contribution in [2.45, 2.75) is 0 Å². The number of hydrogen-bond acceptors (Lipinski definition) is 2. The lowest BCUT2D eigenvalue weighted by Crippen LogP contribution is -2.12. The Morgan fingerprint density at radius 1 is 1.00 bits per heavy atom. The fraction of sp³-hybridized carbons (Fsp3) is 0. The molecule has 7 heteroatoms. The van der Waals surface area contributed by atoms with E-state index in [1.807, 2.05) is 0 Å². The zero-order valence-electron chi connectivity index (χ0n) is 11.6. The van der Waals surface area contributed by atoms with E-state index in [1.165, 1.54) is 30.3 Å². The summed E-state index contributed by atoms with van der Waals surface area (Å²) >= 11 is 0. The summed E-state index contributed by atoms with van der Waals surface area (Å²) in [6.45, 7) is 0. The maximum Gasteiger partial charge on any atom is 0.269 e. The first-order chi connectivity index (χ1) is 11.0. The van der Waals surface area contributed by atoms with Crippen LogP contribution in [0, 0.1) is 17.5 Å². The summed E-state index contributed by atoms with van der Waals surface area (Å²) in [6, 6.07) is 9.73. The quantitative estimate of drug-likeness (QED) is 0.807. The van der Waals surface area contributed by atoms with E-state index in [0.717, 1.165) is 10.7 Å². The van der Waals surface area contributed by atoms with Crippen molar-refractivity contribution in [3.63, 3.8) is 0 Å². The zero-order chi connectivity index (χ0) is 16.6. The van der Waals surface area contributed by atoms with Crippen molar-refractivity contribution in [2.24, 2.45) is 5.73 Å². The number of hydrogen-bond donors (Lipinski definition) is 1. The minimum Gasteiger partial charge on any atom is -0.364 e. The molecule has 1 aromatic heterocycles. The summed E-state index contributed by atoms with van der Waals surface area (Å²) in [6.07, 6.45) is 0. The molecule has 2 aromatic carbocycles. The van der Waals surface area contributed by atoms with E-state index in [1.54, 1.807) is 6.07 Å². The Bertz CT molecular complexity index is 905. The molecule has 0 saturated carbocycles. The Morgan fingerprint density at radius 2 is 1.74 bits per heavy atom. The lowest BCUT2D eigenvalue weighted by molar-refractivity contribution is 0.0995. The Labute approximate surface area is 129 Å². The van der Waals surface area contributed by atoms with Crippen molar-refractivity contribution in [1.82, 2.24) is 9.78 Å². The van der Waals surface area contributed by atoms with Gasteiger partial charge in [0.2, 0.25) is 0 Å². The van der Waals surface area contributed by atoms with Gasteiger partial charge in [0.15, 0.2) is 11.5 Å². The van der Waals surface area contributed by atoms with Gasteiger partial charge in [0.25, 0.3) is 5.91 Å². The SMILES string of the molecule is NC(=O)c1cc(-c2cccc(F)c2)n(-c2ccc(F)cc2F)n1. The first kappa shape index (κ1) is 14.8. The van der Waals surface area contributed by atoms with Gasteiger partial charge in [0.1, 0.15) is 17.3 Å². The average Bonchev–Trinajstić information content (AvgIpc) is 2.92. The van der Waals surface area contributed by atoms with Crippen LogP contribution in [-0.2, 0) is 0 Å². The van der Waals surface area contributed by atoms with Gasteiger partial charge in [-0.2, -0.15) is 5.10 Å². The van der Waals surface area contributed by atoms with Crippen LogP contribution in [0.3, 0.4) is 0 Å². The Hall–Kier alpha value is -3.09. The van der Waals surface area contributed by atoms with Crippen LogP contribution >= 0.6 is 0 Å². The standard InChI is InChI=1S/C16H10F3N3O/c17-10-3-1-2-9(6-10)15-8-13(16(20)23)21-22(15)14-5-4-11(18)7-12(14)19/h1-8H,(H2,20,23). The topological polar surface area (TPSA) is 60.9 Å². The van der Waals surface area contributed by atoms with Gasteiger partial charge in [-0.25, -0.2) is 17.9 Å². The highest BCUT2D eigenvalue weighted by Crippen LogP contribution is 2.26. The molecule has 1 heterocycles. The van der Waals surface area contributed by atoms with Gasteiger partial charge in [0.05, 0.1) is 5.69 Å². The molecule has 3 aromatic rings. The number of carbonyl (C=O) groups excluding carboxylic acids is 1. The molecular formula is C16H10F3N3O. The first-order valence-electron chi connectivity index (χ1n) is 6.57. The summed E-state index contributed by atoms with van der Waals surface area (Å²) in [7, 11) is 0. The summed E-state index contributed by atoms with van der Waals surface area (Å²) < 4.78 is 41.6. The van der Waals surface area contributed by atoms with Crippen LogP contribution in [-0.4, -0.2) is 15.7 Å². The summed E-state index contributed by atoms with van der Waals surface area (Å²) in [4.78, 5) is 11.4. The Kier molecular flexibility index (Phi) is 3.61. The van der Waals surface area contributed by atoms with Crippen LogP contribution in [0.1, 0.15) is 10.5 Å². The number of aromatic nitrogens is 2. The number of nitrogens with two attached hydrogens (primary N) is 1. The smallest absolute Gasteiger partial charge is 0.269 e. The molecule has 3 rings (SSSR count). The summed E-state index contributed by atoms with van der Waals surface area (Å²) in [5, 5.41) is 3.93. The van der Waals surface area contributed by atoms with Crippen molar-refractivity contribution in [3.8, 4) is 16.9 Å². The van der Waals surface area contributed by atoms with Crippen molar-refractivity contribution in [1.29, 1.82) is 0 Å². The monoisotopic (exact) mass is 317 g/mol. The van der Waals surface area contributed by atoms with Crippen molar-refractivity contribution in [2.75, 3.05) is 0 Å². The van der Waals surface area contributed by atoms with Crippen LogP contribution in [0.4, 0.5) is 13.2 Å². The van der Waals surface area contributed by atoms with Crippen LogP contribution < -0.4 is 5.73 Å². The molecule has 0 unspecified atom stereocenters. The third kappa shape index (κ3) is 2.80. The van der Waals surface area contributed by atoms with Crippen LogP contribution in [0.15, 0.2) is 48.5 Å². The second kappa shape index (κ2) is 5.60. The lowest BCUT2D eigenvalue weighted by atomic mass is 10.1. The molecule has 23 heavy (non-hydrogen) atoms. The lowest BCUT2D eigenvalue weighted by Gasteiger charge is -2.08. The second-order valence-electron chi connectivity index (χ2n) is 4.80. The predicted octanol–water partition coefficient (Wildman–Crippen LogP) is 3.06. The van der Waals surface area contributed by atoms with Crippen molar-refractivity contribution < 1.29 is 18.0 Å². The van der Waals surface area contributed by atoms with E-state index < -0.39 is 23.4 Å². The predicted molar refractivity (Wildman–Crippen MR) is 77.4 cm³/mol. The van der Waals surface area contributed by atoms with Gasteiger partial charge >= 0.3 is 0 Å². The highest BCUT2D eigenvalue weighted by Gasteiger charge is 2.17. The molecule has 2 N–H and O–H groups in total. The van der Waals surface area contributed by atoms with Crippen molar-refractivity contribution in [3.05, 3.63) is 71.7 Å². The third-order valence-corrected chi connectivity index (χ3v) is 3.22. The van der Waals surface area contributed by atoms with E-state index in [0.29, 0.717) is 11.6 Å². The van der Waals surface area contributed by atoms with Gasteiger partial charge in [-0.05, 0) is 30.3 Å². The van der Waals surface area contributed by atoms with E-state index in [4.69, 9.17) is 5.73 Å². The minimum absolute atomic E-state index is 0.0850. The molecule has 0 aliphatic heterocycles. The normalized spacial score (nSPS) is 10.7. The fourth-order valence-corrected chi connectivity index (χ4v) is 2.19. The third-order valence-electron chi connectivity index (χ3n) is 3.22. The summed E-state index contributed by atoms with van der Waals surface area (Å²) in [5.74, 6) is -2.94. The molecule has 116 valence electrons. The maximum atomic E-state index is 14.0. The van der Waals surface area contributed by atoms with E-state index in [2.05, 4.69) is 5.10 Å². The highest BCUT2D eigenvalue weighted by atomic mass is 19.1. The first-order valence-corrected chi connectivity index (χ1v) is 6.57. The van der Waals surface area contributed by atoms with Gasteiger partial charge in [-0.1, -0.05) is 12.1 Å². The fourth-order valence-electron chi connectivity index (χ4n) is 2.19. The highest BCUT2D eigenvalue weighted by molar-refractivity contribution is 5.92. The number of rotatable bonds is 3. The van der Waals surface area contributed by atoms with Crippen molar-refractivity contribution >= 4 is 5.91 Å². The number of benzene rings is 2. The van der Waals surface area contributed by atoms with E-state index in [9.17, 15) is 18.0 Å². The largest absolute Gasteiger partial charge is 0.364 e. The summed E-state index contributed by atoms with van der Waals surface area (Å²) in [5.41, 5.74) is 5.62. The molecule has 0 bridgehead atoms. The number of primary amides is 1. The van der Waals surface area contributed by atoms with Crippen LogP contribution in [0.5, 0.6) is 0 Å².